The number of hydrogen-bond acceptors (Lipinski definition) is 5. The number of nitrogens with zero attached hydrogens (tertiary/aromatic N) is 3. The van der Waals surface area contributed by atoms with Crippen LogP contribution in [0.1, 0.15) is 23.0 Å². The van der Waals surface area contributed by atoms with Crippen LogP contribution < -0.4 is 4.90 Å². The van der Waals surface area contributed by atoms with Crippen LogP contribution in [-0.2, 0) is 0 Å². The Kier molecular flexibility index (Phi) is 4.74. The fourth-order valence-electron chi connectivity index (χ4n) is 1.38. The summed E-state index contributed by atoms with van der Waals surface area (Å²) in [5.41, 5.74) is 0.644. The number of aryl methyl sites for hydroxylation is 1. The van der Waals surface area contributed by atoms with E-state index in [0.717, 1.165) is 5.75 Å². The molecule has 0 saturated carbocycles. The molecule has 0 saturated heterocycles. The van der Waals surface area contributed by atoms with Crippen molar-refractivity contribution in [3.8, 4) is 0 Å². The summed E-state index contributed by atoms with van der Waals surface area (Å²) in [7, 11) is 1.91. The smallest absolute Gasteiger partial charge is 0.339 e. The molecule has 1 atom stereocenters. The molecule has 1 unspecified atom stereocenters. The largest absolute Gasteiger partial charge is 0.478 e. The summed E-state index contributed by atoms with van der Waals surface area (Å²) in [5, 5.41) is 8.89. The minimum Gasteiger partial charge on any atom is -0.478 e. The Bertz CT molecular complexity index is 412. The fourth-order valence-corrected chi connectivity index (χ4v) is 2.09. The third-order valence-corrected chi connectivity index (χ3v) is 3.40. The molecule has 0 radical (unpaired) electrons. The summed E-state index contributed by atoms with van der Waals surface area (Å²) < 4.78 is 0. The Balaban J connectivity index is 2.93. The lowest BCUT2D eigenvalue weighted by atomic mass is 10.2. The van der Waals surface area contributed by atoms with Gasteiger partial charge in [-0.3, -0.25) is 0 Å². The number of aromatic carboxylic acids is 1. The van der Waals surface area contributed by atoms with Gasteiger partial charge in [0, 0.05) is 25.0 Å². The lowest BCUT2D eigenvalue weighted by Crippen LogP contribution is -2.32. The Morgan fingerprint density at radius 1 is 1.65 bits per heavy atom. The molecule has 94 valence electrons. The number of aromatic nitrogens is 2. The molecule has 6 heteroatoms. The van der Waals surface area contributed by atoms with Gasteiger partial charge in [0.05, 0.1) is 11.3 Å². The molecular formula is C11H17N3O2S. The number of carbonyl (C=O) groups is 1. The molecule has 1 rings (SSSR count). The second kappa shape index (κ2) is 5.86. The van der Waals surface area contributed by atoms with E-state index in [4.69, 9.17) is 5.11 Å². The molecule has 5 nitrogen and oxygen atoms in total. The summed E-state index contributed by atoms with van der Waals surface area (Å²) in [5.74, 6) is 0.544. The van der Waals surface area contributed by atoms with Crippen LogP contribution in [0.25, 0.3) is 0 Å². The van der Waals surface area contributed by atoms with Gasteiger partial charge < -0.3 is 10.0 Å². The minimum atomic E-state index is -0.992. The Morgan fingerprint density at radius 3 is 2.76 bits per heavy atom. The highest BCUT2D eigenvalue weighted by atomic mass is 32.2. The first-order chi connectivity index (χ1) is 7.97. The number of rotatable bonds is 5. The number of carboxylic acid groups (broad SMARTS) is 1. The maximum atomic E-state index is 10.8. The topological polar surface area (TPSA) is 66.3 Å². The molecule has 0 aromatic carbocycles. The van der Waals surface area contributed by atoms with Crippen molar-refractivity contribution >= 4 is 23.7 Å². The molecule has 1 aromatic rings. The quantitative estimate of drug-likeness (QED) is 0.863. The average Bonchev–Trinajstić information content (AvgIpc) is 2.27. The van der Waals surface area contributed by atoms with Crippen LogP contribution in [0, 0.1) is 6.92 Å². The maximum Gasteiger partial charge on any atom is 0.339 e. The first kappa shape index (κ1) is 13.8. The normalized spacial score (nSPS) is 12.2. The van der Waals surface area contributed by atoms with E-state index in [2.05, 4.69) is 16.9 Å². The molecule has 0 aliphatic carbocycles. The van der Waals surface area contributed by atoms with Crippen LogP contribution in [-0.4, -0.2) is 46.1 Å². The number of anilines is 1. The van der Waals surface area contributed by atoms with E-state index in [-0.39, 0.29) is 5.56 Å². The molecule has 1 N–H and O–H groups in total. The SMILES string of the molecule is CSCC(C)N(C)c1ncc(C(=O)O)c(C)n1. The first-order valence-corrected chi connectivity index (χ1v) is 6.65. The second-order valence-electron chi connectivity index (χ2n) is 3.89. The van der Waals surface area contributed by atoms with Crippen LogP contribution in [0.15, 0.2) is 6.20 Å². The Morgan fingerprint density at radius 2 is 2.29 bits per heavy atom. The summed E-state index contributed by atoms with van der Waals surface area (Å²) in [6.45, 7) is 3.77. The summed E-state index contributed by atoms with van der Waals surface area (Å²) >= 11 is 1.75. The van der Waals surface area contributed by atoms with Crippen molar-refractivity contribution in [2.24, 2.45) is 0 Å². The monoisotopic (exact) mass is 255 g/mol. The van der Waals surface area contributed by atoms with Gasteiger partial charge in [0.1, 0.15) is 0 Å². The minimum absolute atomic E-state index is 0.152. The van der Waals surface area contributed by atoms with Gasteiger partial charge in [-0.05, 0) is 20.1 Å². The molecule has 0 aliphatic heterocycles. The molecule has 0 bridgehead atoms. The van der Waals surface area contributed by atoms with Gasteiger partial charge in [0.2, 0.25) is 5.95 Å². The van der Waals surface area contributed by atoms with Crippen molar-refractivity contribution in [1.82, 2.24) is 9.97 Å². The number of carboxylic acids is 1. The van der Waals surface area contributed by atoms with Crippen molar-refractivity contribution in [3.63, 3.8) is 0 Å². The summed E-state index contributed by atoms with van der Waals surface area (Å²) in [4.78, 5) is 21.1. The Labute approximate surface area is 105 Å². The predicted molar refractivity (Wildman–Crippen MR) is 70.0 cm³/mol. The van der Waals surface area contributed by atoms with E-state index in [1.165, 1.54) is 6.20 Å². The van der Waals surface area contributed by atoms with Crippen molar-refractivity contribution in [2.45, 2.75) is 19.9 Å². The van der Waals surface area contributed by atoms with Crippen LogP contribution in [0.4, 0.5) is 5.95 Å². The van der Waals surface area contributed by atoms with Gasteiger partial charge in [-0.1, -0.05) is 0 Å². The van der Waals surface area contributed by atoms with Crippen molar-refractivity contribution < 1.29 is 9.90 Å². The number of hydrogen-bond donors (Lipinski definition) is 1. The molecule has 0 fully saturated rings. The second-order valence-corrected chi connectivity index (χ2v) is 4.80. The molecule has 0 aliphatic rings. The third kappa shape index (κ3) is 3.33. The van der Waals surface area contributed by atoms with E-state index >= 15 is 0 Å². The van der Waals surface area contributed by atoms with Crippen LogP contribution in [0.5, 0.6) is 0 Å². The van der Waals surface area contributed by atoms with Crippen molar-refractivity contribution in [2.75, 3.05) is 24.0 Å². The van der Waals surface area contributed by atoms with E-state index in [1.54, 1.807) is 18.7 Å². The van der Waals surface area contributed by atoms with Crippen LogP contribution in [0.3, 0.4) is 0 Å². The van der Waals surface area contributed by atoms with Gasteiger partial charge in [-0.25, -0.2) is 14.8 Å². The zero-order valence-electron chi connectivity index (χ0n) is 10.5. The molecule has 1 heterocycles. The molecule has 0 spiro atoms. The van der Waals surface area contributed by atoms with Gasteiger partial charge in [-0.15, -0.1) is 0 Å². The van der Waals surface area contributed by atoms with Gasteiger partial charge in [0.25, 0.3) is 0 Å². The van der Waals surface area contributed by atoms with Gasteiger partial charge >= 0.3 is 5.97 Å². The maximum absolute atomic E-state index is 10.8. The van der Waals surface area contributed by atoms with E-state index in [9.17, 15) is 4.79 Å². The average molecular weight is 255 g/mol. The van der Waals surface area contributed by atoms with E-state index in [0.29, 0.717) is 17.7 Å². The highest BCUT2D eigenvalue weighted by Gasteiger charge is 2.15. The van der Waals surface area contributed by atoms with Crippen molar-refractivity contribution in [1.29, 1.82) is 0 Å². The zero-order chi connectivity index (χ0) is 13.0. The van der Waals surface area contributed by atoms with Gasteiger partial charge in [0.15, 0.2) is 0 Å². The first-order valence-electron chi connectivity index (χ1n) is 5.26. The highest BCUT2D eigenvalue weighted by Crippen LogP contribution is 2.14. The summed E-state index contributed by atoms with van der Waals surface area (Å²) in [6.07, 6.45) is 3.41. The third-order valence-electron chi connectivity index (χ3n) is 2.58. The molecule has 1 aromatic heterocycles. The predicted octanol–water partition coefficient (Wildman–Crippen LogP) is 1.67. The fraction of sp³-hybridized carbons (Fsp3) is 0.545. The Hall–Kier alpha value is -1.30. The van der Waals surface area contributed by atoms with Gasteiger partial charge in [-0.2, -0.15) is 11.8 Å². The summed E-state index contributed by atoms with van der Waals surface area (Å²) in [6, 6.07) is 0.306. The van der Waals surface area contributed by atoms with Crippen LogP contribution >= 0.6 is 11.8 Å². The lowest BCUT2D eigenvalue weighted by Gasteiger charge is -2.24. The standard InChI is InChI=1S/C11H17N3O2S/c1-7(6-17-4)14(3)11-12-5-9(10(15)16)8(2)13-11/h5,7H,6H2,1-4H3,(H,15,16). The molecule has 0 amide bonds. The molecule has 17 heavy (non-hydrogen) atoms. The van der Waals surface area contributed by atoms with E-state index in [1.807, 2.05) is 18.2 Å². The highest BCUT2D eigenvalue weighted by molar-refractivity contribution is 7.98. The van der Waals surface area contributed by atoms with Crippen LogP contribution in [0.2, 0.25) is 0 Å². The zero-order valence-corrected chi connectivity index (χ0v) is 11.3. The van der Waals surface area contributed by atoms with Crippen molar-refractivity contribution in [3.05, 3.63) is 17.5 Å². The lowest BCUT2D eigenvalue weighted by molar-refractivity contribution is 0.0695. The van der Waals surface area contributed by atoms with E-state index < -0.39 is 5.97 Å². The number of thioether (sulfide) groups is 1. The molecular weight excluding hydrogens is 238 g/mol.